The molecule has 30 heavy (non-hydrogen) atoms. The molecule has 0 aliphatic carbocycles. The van der Waals surface area contributed by atoms with E-state index in [2.05, 4.69) is 20.3 Å². The summed E-state index contributed by atoms with van der Waals surface area (Å²) in [6.07, 6.45) is -2.98. The Balaban J connectivity index is 1.60. The highest BCUT2D eigenvalue weighted by Gasteiger charge is 2.45. The number of nitrogens with one attached hydrogen (secondary N) is 1. The number of imidazole rings is 1. The first kappa shape index (κ1) is 20.5. The van der Waals surface area contributed by atoms with Gasteiger partial charge in [-0.05, 0) is 17.2 Å². The van der Waals surface area contributed by atoms with E-state index < -0.39 is 30.5 Å². The summed E-state index contributed by atoms with van der Waals surface area (Å²) < 4.78 is 12.1. The number of rotatable bonds is 6. The monoisotopic (exact) mass is 433 g/mol. The maximum absolute atomic E-state index is 11.0. The standard InChI is InChI=1S/C19H20ClN5O5/c1-10(26)29-8-12-14(27)15(28)18(30-12)25-9-22-13-16(23-19(20)24-17(13)25)21-7-11-5-3-2-4-6-11/h2-6,9,12,14-15,18,27-28H,7-8H2,1H3,(H,21,23,24)/t12-,14-,15-,18-/m1/s1. The Morgan fingerprint density at radius 2 is 2.03 bits per heavy atom. The normalized spacial score (nSPS) is 23.6. The summed E-state index contributed by atoms with van der Waals surface area (Å²) in [6, 6.07) is 9.74. The summed E-state index contributed by atoms with van der Waals surface area (Å²) in [5.74, 6) is -0.0809. The van der Waals surface area contributed by atoms with E-state index in [0.717, 1.165) is 5.56 Å². The van der Waals surface area contributed by atoms with Gasteiger partial charge in [0.2, 0.25) is 5.28 Å². The number of nitrogens with zero attached hydrogens (tertiary/aromatic N) is 4. The van der Waals surface area contributed by atoms with Crippen molar-refractivity contribution in [2.45, 2.75) is 38.0 Å². The molecule has 1 aromatic carbocycles. The molecule has 10 nitrogen and oxygen atoms in total. The molecule has 0 radical (unpaired) electrons. The second-order valence-electron chi connectivity index (χ2n) is 6.85. The Morgan fingerprint density at radius 3 is 2.77 bits per heavy atom. The number of hydrogen-bond acceptors (Lipinski definition) is 9. The molecule has 158 valence electrons. The van der Waals surface area contributed by atoms with Crippen LogP contribution in [0.5, 0.6) is 0 Å². The number of carbonyl (C=O) groups excluding carboxylic acids is 1. The molecule has 0 amide bonds. The molecule has 1 aliphatic rings. The predicted molar refractivity (Wildman–Crippen MR) is 107 cm³/mol. The molecule has 4 atom stereocenters. The number of ether oxygens (including phenoxy) is 2. The van der Waals surface area contributed by atoms with Gasteiger partial charge in [0.25, 0.3) is 0 Å². The zero-order valence-corrected chi connectivity index (χ0v) is 16.7. The molecule has 1 saturated heterocycles. The molecule has 0 saturated carbocycles. The van der Waals surface area contributed by atoms with Crippen LogP contribution in [0.4, 0.5) is 5.82 Å². The Kier molecular flexibility index (Phi) is 5.82. The zero-order valence-electron chi connectivity index (χ0n) is 16.0. The largest absolute Gasteiger partial charge is 0.463 e. The van der Waals surface area contributed by atoms with Crippen molar-refractivity contribution in [3.8, 4) is 0 Å². The molecule has 0 bridgehead atoms. The van der Waals surface area contributed by atoms with Crippen LogP contribution in [-0.4, -0.2) is 60.6 Å². The highest BCUT2D eigenvalue weighted by molar-refractivity contribution is 6.28. The Morgan fingerprint density at radius 1 is 1.27 bits per heavy atom. The van der Waals surface area contributed by atoms with Crippen molar-refractivity contribution in [3.63, 3.8) is 0 Å². The summed E-state index contributed by atoms with van der Waals surface area (Å²) >= 11 is 6.11. The smallest absolute Gasteiger partial charge is 0.302 e. The van der Waals surface area contributed by atoms with Crippen molar-refractivity contribution >= 4 is 34.6 Å². The number of benzene rings is 1. The van der Waals surface area contributed by atoms with Gasteiger partial charge in [0.05, 0.1) is 6.33 Å². The van der Waals surface area contributed by atoms with E-state index in [1.807, 2.05) is 30.3 Å². The number of aliphatic hydroxyl groups excluding tert-OH is 2. The molecule has 3 heterocycles. The van der Waals surface area contributed by atoms with Crippen LogP contribution < -0.4 is 5.32 Å². The molecule has 0 unspecified atom stereocenters. The lowest BCUT2D eigenvalue weighted by Crippen LogP contribution is -2.34. The SMILES string of the molecule is CC(=O)OC[C@H]1O[C@@H](n2cnc3c(NCc4ccccc4)nc(Cl)nc32)[C@H](O)[C@@H]1O. The number of anilines is 1. The lowest BCUT2D eigenvalue weighted by Gasteiger charge is -2.16. The number of halogens is 1. The number of esters is 1. The second kappa shape index (κ2) is 8.52. The van der Waals surface area contributed by atoms with E-state index in [1.54, 1.807) is 0 Å². The average molecular weight is 434 g/mol. The van der Waals surface area contributed by atoms with Gasteiger partial charge in [-0.2, -0.15) is 9.97 Å². The van der Waals surface area contributed by atoms with E-state index in [9.17, 15) is 15.0 Å². The molecular weight excluding hydrogens is 414 g/mol. The fourth-order valence-electron chi connectivity index (χ4n) is 3.28. The van der Waals surface area contributed by atoms with Gasteiger partial charge in [-0.3, -0.25) is 9.36 Å². The van der Waals surface area contributed by atoms with Crippen LogP contribution in [-0.2, 0) is 20.8 Å². The minimum atomic E-state index is -1.28. The van der Waals surface area contributed by atoms with Crippen LogP contribution in [0.1, 0.15) is 18.7 Å². The zero-order chi connectivity index (χ0) is 21.3. The molecule has 4 rings (SSSR count). The van der Waals surface area contributed by atoms with Gasteiger partial charge in [-0.15, -0.1) is 0 Å². The third-order valence-electron chi connectivity index (χ3n) is 4.76. The van der Waals surface area contributed by atoms with Crippen molar-refractivity contribution in [3.05, 3.63) is 47.5 Å². The topological polar surface area (TPSA) is 132 Å². The second-order valence-corrected chi connectivity index (χ2v) is 7.19. The van der Waals surface area contributed by atoms with Crippen LogP contribution >= 0.6 is 11.6 Å². The first-order valence-electron chi connectivity index (χ1n) is 9.27. The summed E-state index contributed by atoms with van der Waals surface area (Å²) in [7, 11) is 0. The maximum atomic E-state index is 11.0. The molecule has 3 N–H and O–H groups in total. The third-order valence-corrected chi connectivity index (χ3v) is 4.93. The van der Waals surface area contributed by atoms with Gasteiger partial charge in [-0.25, -0.2) is 4.98 Å². The van der Waals surface area contributed by atoms with Gasteiger partial charge in [0.15, 0.2) is 23.2 Å². The van der Waals surface area contributed by atoms with Gasteiger partial charge >= 0.3 is 5.97 Å². The fraction of sp³-hybridized carbons (Fsp3) is 0.368. The Hall–Kier alpha value is -2.79. The number of aliphatic hydroxyl groups is 2. The summed E-state index contributed by atoms with van der Waals surface area (Å²) in [6.45, 7) is 1.57. The number of carbonyl (C=O) groups is 1. The summed E-state index contributed by atoms with van der Waals surface area (Å²) in [5, 5.41) is 23.9. The number of hydrogen-bond donors (Lipinski definition) is 3. The molecule has 2 aromatic heterocycles. The molecule has 3 aromatic rings. The third kappa shape index (κ3) is 4.08. The lowest BCUT2D eigenvalue weighted by atomic mass is 10.1. The highest BCUT2D eigenvalue weighted by Crippen LogP contribution is 2.33. The molecule has 1 fully saturated rings. The molecule has 1 aliphatic heterocycles. The van der Waals surface area contributed by atoms with Crippen molar-refractivity contribution in [2.75, 3.05) is 11.9 Å². The first-order chi connectivity index (χ1) is 14.4. The first-order valence-corrected chi connectivity index (χ1v) is 9.64. The number of aromatic nitrogens is 4. The van der Waals surface area contributed by atoms with Crippen molar-refractivity contribution in [2.24, 2.45) is 0 Å². The van der Waals surface area contributed by atoms with Crippen LogP contribution in [0.25, 0.3) is 11.2 Å². The number of fused-ring (bicyclic) bond motifs is 1. The van der Waals surface area contributed by atoms with Crippen molar-refractivity contribution in [1.82, 2.24) is 19.5 Å². The van der Waals surface area contributed by atoms with Gasteiger partial charge in [0.1, 0.15) is 24.9 Å². The Labute approximate surface area is 176 Å². The Bertz CT molecular complexity index is 1050. The molecule has 0 spiro atoms. The van der Waals surface area contributed by atoms with Gasteiger partial charge in [0, 0.05) is 13.5 Å². The van der Waals surface area contributed by atoms with Crippen molar-refractivity contribution < 1.29 is 24.5 Å². The van der Waals surface area contributed by atoms with Crippen LogP contribution in [0.2, 0.25) is 5.28 Å². The molecular formula is C19H20ClN5O5. The lowest BCUT2D eigenvalue weighted by molar-refractivity contribution is -0.147. The van der Waals surface area contributed by atoms with Crippen LogP contribution in [0.3, 0.4) is 0 Å². The van der Waals surface area contributed by atoms with E-state index >= 15 is 0 Å². The van der Waals surface area contributed by atoms with Gasteiger partial charge < -0.3 is 25.0 Å². The summed E-state index contributed by atoms with van der Waals surface area (Å²) in [5.41, 5.74) is 1.81. The minimum absolute atomic E-state index is 0.00990. The van der Waals surface area contributed by atoms with E-state index in [0.29, 0.717) is 23.5 Å². The summed E-state index contributed by atoms with van der Waals surface area (Å²) in [4.78, 5) is 23.8. The highest BCUT2D eigenvalue weighted by atomic mass is 35.5. The van der Waals surface area contributed by atoms with E-state index in [4.69, 9.17) is 21.1 Å². The minimum Gasteiger partial charge on any atom is -0.463 e. The predicted octanol–water partition coefficient (Wildman–Crippen LogP) is 1.27. The van der Waals surface area contributed by atoms with E-state index in [-0.39, 0.29) is 11.9 Å². The van der Waals surface area contributed by atoms with Crippen LogP contribution in [0, 0.1) is 0 Å². The van der Waals surface area contributed by atoms with Crippen LogP contribution in [0.15, 0.2) is 36.7 Å². The maximum Gasteiger partial charge on any atom is 0.302 e. The fourth-order valence-corrected chi connectivity index (χ4v) is 3.44. The van der Waals surface area contributed by atoms with Gasteiger partial charge in [-0.1, -0.05) is 30.3 Å². The quantitative estimate of drug-likeness (QED) is 0.388. The molecule has 11 heteroatoms. The van der Waals surface area contributed by atoms with Crippen molar-refractivity contribution in [1.29, 1.82) is 0 Å². The average Bonchev–Trinajstić information content (AvgIpc) is 3.26. The van der Waals surface area contributed by atoms with E-state index in [1.165, 1.54) is 17.8 Å².